The van der Waals surface area contributed by atoms with Crippen LogP contribution in [0.3, 0.4) is 0 Å². The zero-order chi connectivity index (χ0) is 16.1. The summed E-state index contributed by atoms with van der Waals surface area (Å²) < 4.78 is 34.5. The number of nitro groups is 3. The Balaban J connectivity index is -0.000000452. The van der Waals surface area contributed by atoms with Crippen LogP contribution >= 0.6 is 0 Å². The largest absolute Gasteiger partial charge is 2.00 e. The van der Waals surface area contributed by atoms with Crippen LogP contribution in [-0.2, 0) is 18.1 Å². The van der Waals surface area contributed by atoms with Gasteiger partial charge in [0.1, 0.15) is 0 Å². The molecule has 0 aromatic heterocycles. The van der Waals surface area contributed by atoms with E-state index in [0.717, 1.165) is 0 Å². The summed E-state index contributed by atoms with van der Waals surface area (Å²) in [6, 6.07) is 0. The summed E-state index contributed by atoms with van der Waals surface area (Å²) in [5.41, 5.74) is 0. The van der Waals surface area contributed by atoms with Crippen LogP contribution in [0.4, 0.5) is 0 Å². The van der Waals surface area contributed by atoms with Crippen molar-refractivity contribution >= 4 is 91.0 Å². The number of rotatable bonds is 3. The first kappa shape index (κ1) is 27.9. The summed E-state index contributed by atoms with van der Waals surface area (Å²) in [5, 5.41) is 29.3. The summed E-state index contributed by atoms with van der Waals surface area (Å²) in [6.45, 7) is -1.78. The molecule has 0 atom stereocenters. The molecule has 116 valence electrons. The molecule has 0 bridgehead atoms. The average Bonchev–Trinajstić information content (AvgIpc) is 2.25. The molecule has 0 unspecified atom stereocenters. The maximum atomic E-state index is 10.3. The third-order valence-corrected chi connectivity index (χ3v) is 1.67. The van der Waals surface area contributed by atoms with Gasteiger partial charge in [0.2, 0.25) is 20.0 Å². The van der Waals surface area contributed by atoms with E-state index < -0.39 is 53.2 Å². The smallest absolute Gasteiger partial charge is 2.00 e. The average molecular weight is 509 g/mol. The van der Waals surface area contributed by atoms with Crippen LogP contribution in [0.5, 0.6) is 0 Å². The SMILES string of the molecule is O=[N+]([O-])N1CN([N+](=O)[O-])CN([N+](=O)[O-])C1.[O-][Ti]([O-])([O-])[O-].[Sr+2].[Sr+2]. The normalized spacial score (nSPS) is 13.9. The number of hydrogen-bond acceptors (Lipinski definition) is 10. The predicted molar refractivity (Wildman–Crippen MR) is 52.6 cm³/mol. The maximum absolute atomic E-state index is 10.3. The van der Waals surface area contributed by atoms with Crippen molar-refractivity contribution in [3.05, 3.63) is 30.3 Å². The van der Waals surface area contributed by atoms with Gasteiger partial charge in [-0.1, -0.05) is 15.0 Å². The standard InChI is InChI=1S/C3H6N6O6.4O.2Sr.Ti/c10-7(11)4-1-5(8(12)13)3-6(2-4)9(14)15;;;;;;;/h1-3H2;;;;;;;/q;4*-1;2*+2;. The molecular formula is C3H6N6O10Sr2Ti. The first-order valence-corrected chi connectivity index (χ1v) is 6.96. The van der Waals surface area contributed by atoms with Gasteiger partial charge in [-0.2, -0.15) is 0 Å². The van der Waals surface area contributed by atoms with E-state index in [0.29, 0.717) is 15.0 Å². The number of nitrogens with zero attached hydrogens (tertiary/aromatic N) is 6. The van der Waals surface area contributed by atoms with E-state index in [9.17, 15) is 30.3 Å². The Bertz CT molecular complexity index is 334. The van der Waals surface area contributed by atoms with Gasteiger partial charge < -0.3 is 0 Å². The zero-order valence-corrected chi connectivity index (χ0v) is 19.3. The van der Waals surface area contributed by atoms with Crippen LogP contribution in [0.2, 0.25) is 0 Å². The topological polar surface area (TPSA) is 231 Å². The molecule has 1 fully saturated rings. The summed E-state index contributed by atoms with van der Waals surface area (Å²) >= 11 is -6.00. The van der Waals surface area contributed by atoms with Gasteiger partial charge in [-0.05, 0) is 0 Å². The minimum atomic E-state index is -6.00. The van der Waals surface area contributed by atoms with Crippen molar-refractivity contribution < 1.29 is 48.0 Å². The fourth-order valence-electron chi connectivity index (χ4n) is 1.01. The van der Waals surface area contributed by atoms with E-state index in [4.69, 9.17) is 14.8 Å². The van der Waals surface area contributed by atoms with Gasteiger partial charge in [-0.3, -0.25) is 0 Å². The van der Waals surface area contributed by atoms with Gasteiger partial charge >= 0.3 is 124 Å². The Morgan fingerprint density at radius 2 is 0.773 bits per heavy atom. The minimum absolute atomic E-state index is 0. The summed E-state index contributed by atoms with van der Waals surface area (Å²) in [6.07, 6.45) is 0. The molecule has 1 rings (SSSR count). The van der Waals surface area contributed by atoms with Crippen LogP contribution < -0.4 is 14.8 Å². The first-order chi connectivity index (χ1) is 8.91. The summed E-state index contributed by atoms with van der Waals surface area (Å²) in [7, 11) is 0. The van der Waals surface area contributed by atoms with Gasteiger partial charge in [0.25, 0.3) is 0 Å². The summed E-state index contributed by atoms with van der Waals surface area (Å²) in [5.74, 6) is 0. The first-order valence-electron chi connectivity index (χ1n) is 4.41. The van der Waals surface area contributed by atoms with Gasteiger partial charge in [-0.15, -0.1) is 0 Å². The molecule has 0 saturated carbocycles. The van der Waals surface area contributed by atoms with Crippen molar-refractivity contribution in [1.82, 2.24) is 15.0 Å². The molecular weight excluding hydrogens is 503 g/mol. The van der Waals surface area contributed by atoms with E-state index >= 15 is 0 Å². The van der Waals surface area contributed by atoms with Crippen LogP contribution in [0.15, 0.2) is 0 Å². The van der Waals surface area contributed by atoms with Gasteiger partial charge in [-0.25, -0.2) is 30.3 Å². The number of hydrogen-bond donors (Lipinski definition) is 0. The Kier molecular flexibility index (Phi) is 15.8. The van der Waals surface area contributed by atoms with E-state index in [1.54, 1.807) is 0 Å². The fourth-order valence-corrected chi connectivity index (χ4v) is 1.01. The third kappa shape index (κ3) is 13.5. The van der Waals surface area contributed by atoms with E-state index in [1.165, 1.54) is 0 Å². The third-order valence-electron chi connectivity index (χ3n) is 1.67. The molecule has 22 heavy (non-hydrogen) atoms. The van der Waals surface area contributed by atoms with Crippen LogP contribution in [0.25, 0.3) is 0 Å². The van der Waals surface area contributed by atoms with Crippen molar-refractivity contribution in [2.24, 2.45) is 0 Å². The molecule has 16 nitrogen and oxygen atoms in total. The van der Waals surface area contributed by atoms with Gasteiger partial charge in [0, 0.05) is 0 Å². The molecule has 0 aromatic carbocycles. The second kappa shape index (κ2) is 12.5. The quantitative estimate of drug-likeness (QED) is 0.196. The molecule has 1 aliphatic rings. The molecule has 0 N–H and O–H groups in total. The van der Waals surface area contributed by atoms with Crippen LogP contribution in [-0.4, -0.2) is 141 Å². The Morgan fingerprint density at radius 3 is 0.864 bits per heavy atom. The molecule has 0 radical (unpaired) electrons. The van der Waals surface area contributed by atoms with Crippen LogP contribution in [0.1, 0.15) is 0 Å². The molecule has 0 aromatic rings. The fraction of sp³-hybridized carbons (Fsp3) is 1.00. The molecule has 19 heteroatoms. The molecule has 1 saturated heterocycles. The van der Waals surface area contributed by atoms with Crippen molar-refractivity contribution in [3.63, 3.8) is 0 Å². The molecule has 0 amide bonds. The predicted octanol–water partition coefficient (Wildman–Crippen LogP) is -7.17. The minimum Gasteiger partial charge on any atom is 2.00 e. The Hall–Kier alpha value is 1.12. The van der Waals surface area contributed by atoms with Gasteiger partial charge in [0.15, 0.2) is 15.1 Å². The van der Waals surface area contributed by atoms with Gasteiger partial charge in [0.05, 0.1) is 0 Å². The molecule has 1 heterocycles. The second-order valence-electron chi connectivity index (χ2n) is 3.16. The van der Waals surface area contributed by atoms with E-state index in [-0.39, 0.29) is 91.0 Å². The number of hydrazine groups is 3. The Morgan fingerprint density at radius 1 is 0.636 bits per heavy atom. The van der Waals surface area contributed by atoms with Crippen molar-refractivity contribution in [3.8, 4) is 0 Å². The molecule has 0 spiro atoms. The summed E-state index contributed by atoms with van der Waals surface area (Å²) in [4.78, 5) is 31.0. The van der Waals surface area contributed by atoms with E-state index in [1.807, 2.05) is 0 Å². The molecule has 1 aliphatic heterocycles. The maximum Gasteiger partial charge on any atom is 2.00 e. The van der Waals surface area contributed by atoms with Crippen molar-refractivity contribution in [2.75, 3.05) is 20.0 Å². The van der Waals surface area contributed by atoms with Crippen molar-refractivity contribution in [1.29, 1.82) is 0 Å². The van der Waals surface area contributed by atoms with E-state index in [2.05, 4.69) is 0 Å². The molecule has 0 aliphatic carbocycles. The monoisotopic (exact) mass is 510 g/mol. The Labute approximate surface area is 201 Å². The second-order valence-corrected chi connectivity index (χ2v) is 4.72. The van der Waals surface area contributed by atoms with Crippen LogP contribution in [0, 0.1) is 30.3 Å². The zero-order valence-electron chi connectivity index (χ0n) is 10.8. The van der Waals surface area contributed by atoms with Crippen molar-refractivity contribution in [2.45, 2.75) is 0 Å².